The minimum atomic E-state index is -2.11. The molecule has 0 aromatic rings. The topological polar surface area (TPSA) is 59.0 Å². The normalized spacial score (nSPS) is 20.9. The summed E-state index contributed by atoms with van der Waals surface area (Å²) in [5, 5.41) is 11.7. The van der Waals surface area contributed by atoms with Gasteiger partial charge in [0.15, 0.2) is 16.6 Å². The molecule has 8 atom stereocenters. The summed E-state index contributed by atoms with van der Waals surface area (Å²) < 4.78 is 14.4. The first-order valence-electron chi connectivity index (χ1n) is 20.0. The molecular weight excluding hydrogens is 651 g/mol. The van der Waals surface area contributed by atoms with Crippen LogP contribution in [-0.2, 0) is 13.6 Å². The molecule has 50 heavy (non-hydrogen) atoms. The van der Waals surface area contributed by atoms with E-state index in [1.807, 2.05) is 24.1 Å². The highest BCUT2D eigenvalue weighted by atomic mass is 28.4. The summed E-state index contributed by atoms with van der Waals surface area (Å²) >= 11 is 0. The Bertz CT molecular complexity index is 1100. The maximum absolute atomic E-state index is 13.4. The summed E-state index contributed by atoms with van der Waals surface area (Å²) in [6.07, 6.45) is 15.3. The molecule has 7 heteroatoms. The third-order valence-corrected chi connectivity index (χ3v) is 21.6. The van der Waals surface area contributed by atoms with Gasteiger partial charge in [0.05, 0.1) is 18.3 Å². The molecule has 1 N–H and O–H groups in total. The maximum Gasteiger partial charge on any atom is 0.222 e. The average molecular weight is 734 g/mol. The summed E-state index contributed by atoms with van der Waals surface area (Å²) in [4.78, 5) is 15.3. The zero-order chi connectivity index (χ0) is 38.8. The Morgan fingerprint density at radius 1 is 0.860 bits per heavy atom. The van der Waals surface area contributed by atoms with E-state index in [1.54, 1.807) is 6.08 Å². The molecule has 4 unspecified atom stereocenters. The molecule has 0 aromatic heterocycles. The number of hydrogen-bond donors (Lipinski definition) is 1. The van der Waals surface area contributed by atoms with Gasteiger partial charge in [0.1, 0.15) is 0 Å². The second kappa shape index (κ2) is 19.9. The summed E-state index contributed by atoms with van der Waals surface area (Å²) in [6, 6.07) is 0. The van der Waals surface area contributed by atoms with Crippen molar-refractivity contribution in [3.63, 3.8) is 0 Å². The number of aliphatic hydroxyl groups excluding tert-OH is 1. The minimum absolute atomic E-state index is 0.000197. The Hall–Kier alpha value is -0.996. The van der Waals surface area contributed by atoms with Crippen molar-refractivity contribution >= 4 is 22.5 Å². The molecule has 0 aliphatic heterocycles. The summed E-state index contributed by atoms with van der Waals surface area (Å²) in [5.74, 6) is 1.37. The highest BCUT2D eigenvalue weighted by Crippen LogP contribution is 2.42. The molecule has 1 rings (SSSR count). The zero-order valence-electron chi connectivity index (χ0n) is 36.0. The lowest BCUT2D eigenvalue weighted by molar-refractivity contribution is -0.132. The van der Waals surface area contributed by atoms with Gasteiger partial charge in [-0.2, -0.15) is 0 Å². The predicted molar refractivity (Wildman–Crippen MR) is 223 cm³/mol. The molecule has 0 aromatic carbocycles. The van der Waals surface area contributed by atoms with Gasteiger partial charge < -0.3 is 18.9 Å². The van der Waals surface area contributed by atoms with Gasteiger partial charge in [0.25, 0.3) is 0 Å². The van der Waals surface area contributed by atoms with Gasteiger partial charge in [-0.3, -0.25) is 4.79 Å². The van der Waals surface area contributed by atoms with Gasteiger partial charge in [-0.25, -0.2) is 0 Å². The van der Waals surface area contributed by atoms with E-state index in [0.717, 1.165) is 6.42 Å². The number of nitrogens with zero attached hydrogens (tertiary/aromatic N) is 1. The molecular formula is C43H83NO4Si2. The van der Waals surface area contributed by atoms with Crippen LogP contribution in [0.2, 0.25) is 36.3 Å². The van der Waals surface area contributed by atoms with Crippen molar-refractivity contribution in [2.24, 2.45) is 35.5 Å². The van der Waals surface area contributed by atoms with E-state index >= 15 is 0 Å². The van der Waals surface area contributed by atoms with Crippen molar-refractivity contribution < 1.29 is 18.8 Å². The molecule has 1 aliphatic rings. The predicted octanol–water partition coefficient (Wildman–Crippen LogP) is 11.8. The quantitative estimate of drug-likeness (QED) is 0.0816. The van der Waals surface area contributed by atoms with Gasteiger partial charge in [-0.05, 0) is 86.1 Å². The van der Waals surface area contributed by atoms with Crippen molar-refractivity contribution in [2.45, 2.75) is 183 Å². The van der Waals surface area contributed by atoms with E-state index in [0.29, 0.717) is 18.9 Å². The van der Waals surface area contributed by atoms with E-state index in [9.17, 15) is 9.90 Å². The van der Waals surface area contributed by atoms with Crippen molar-refractivity contribution in [1.82, 2.24) is 4.90 Å². The number of carbonyl (C=O) groups excluding carboxylic acids is 1. The molecule has 0 spiro atoms. The van der Waals surface area contributed by atoms with Gasteiger partial charge in [0, 0.05) is 31.8 Å². The Kier molecular flexibility index (Phi) is 18.7. The molecule has 5 nitrogen and oxygen atoms in total. The lowest BCUT2D eigenvalue weighted by Gasteiger charge is -2.44. The zero-order valence-corrected chi connectivity index (χ0v) is 38.0. The largest absolute Gasteiger partial charge is 0.413 e. The first-order valence-corrected chi connectivity index (χ1v) is 25.8. The van der Waals surface area contributed by atoms with Gasteiger partial charge in [0.2, 0.25) is 5.91 Å². The molecule has 0 heterocycles. The van der Waals surface area contributed by atoms with Crippen molar-refractivity contribution in [3.05, 3.63) is 36.5 Å². The molecule has 0 bridgehead atoms. The van der Waals surface area contributed by atoms with E-state index in [4.69, 9.17) is 8.85 Å². The standard InChI is InChI=1S/C43H83NO4Si2/c1-19-20-24-32(3)39(46)36(7)41(48-50(17,18)43(11,12)13)34(5)28-31(2)27-33(4)40(47-49(15,16)42(8,9)10)35(6)30-44(14)38(45)29-37-25-22-21-23-26-37/h19-20,24,27,32-37,39-41,46H,1,21-23,25-26,28-30H2,2-18H3/b24-20-,31-27-/t32-,33-,34?,35-,36?,39?,40+,41?/m0/s1. The second-order valence-corrected chi connectivity index (χ2v) is 29.0. The van der Waals surface area contributed by atoms with Crippen LogP contribution in [0.15, 0.2) is 36.5 Å². The lowest BCUT2D eigenvalue weighted by atomic mass is 9.81. The van der Waals surface area contributed by atoms with Gasteiger partial charge in [-0.15, -0.1) is 0 Å². The molecule has 292 valence electrons. The molecule has 1 saturated carbocycles. The molecule has 1 fully saturated rings. The molecule has 0 radical (unpaired) electrons. The SMILES string of the molecule is C=C/C=C\[C@H](C)C(O)C(C)C(O[Si](C)(C)C(C)(C)C)C(C)C/C(C)=C\[C@H](C)[C@@H](O[Si](C)(C)C(C)(C)C)[C@@H](C)CN(C)C(=O)CC1CCCCC1. The minimum Gasteiger partial charge on any atom is -0.413 e. The van der Waals surface area contributed by atoms with Crippen LogP contribution in [0.4, 0.5) is 0 Å². The van der Waals surface area contributed by atoms with Crippen LogP contribution in [0.1, 0.15) is 128 Å². The highest BCUT2D eigenvalue weighted by molar-refractivity contribution is 6.74. The van der Waals surface area contributed by atoms with Crippen LogP contribution in [0.25, 0.3) is 0 Å². The third-order valence-electron chi connectivity index (χ3n) is 12.6. The van der Waals surface area contributed by atoms with Crippen molar-refractivity contribution in [2.75, 3.05) is 13.6 Å². The Balaban J connectivity index is 3.34. The molecule has 0 saturated heterocycles. The fraction of sp³-hybridized carbons (Fsp3) is 0.837. The fourth-order valence-electron chi connectivity index (χ4n) is 7.23. The Labute approximate surface area is 313 Å². The Morgan fingerprint density at radius 2 is 1.36 bits per heavy atom. The maximum atomic E-state index is 13.4. The monoisotopic (exact) mass is 734 g/mol. The number of carbonyl (C=O) groups is 1. The second-order valence-electron chi connectivity index (χ2n) is 19.5. The van der Waals surface area contributed by atoms with Crippen LogP contribution in [0.5, 0.6) is 0 Å². The molecule has 1 aliphatic carbocycles. The van der Waals surface area contributed by atoms with Crippen LogP contribution in [0, 0.1) is 35.5 Å². The first-order chi connectivity index (χ1) is 22.8. The Morgan fingerprint density at radius 3 is 1.84 bits per heavy atom. The number of amides is 1. The average Bonchev–Trinajstić information content (AvgIpc) is 2.99. The van der Waals surface area contributed by atoms with E-state index in [2.05, 4.69) is 122 Å². The summed E-state index contributed by atoms with van der Waals surface area (Å²) in [5.41, 5.74) is 1.33. The number of allylic oxidation sites excluding steroid dienone is 3. The highest BCUT2D eigenvalue weighted by Gasteiger charge is 2.44. The van der Waals surface area contributed by atoms with Crippen molar-refractivity contribution in [1.29, 1.82) is 0 Å². The van der Waals surface area contributed by atoms with Crippen LogP contribution >= 0.6 is 0 Å². The first kappa shape index (κ1) is 47.0. The van der Waals surface area contributed by atoms with Gasteiger partial charge >= 0.3 is 0 Å². The summed E-state index contributed by atoms with van der Waals surface area (Å²) in [7, 11) is -2.21. The fourth-order valence-corrected chi connectivity index (χ4v) is 10.2. The van der Waals surface area contributed by atoms with E-state index < -0.39 is 22.7 Å². The lowest BCUT2D eigenvalue weighted by Crippen LogP contribution is -2.50. The van der Waals surface area contributed by atoms with Gasteiger partial charge in [-0.1, -0.05) is 132 Å². The van der Waals surface area contributed by atoms with Crippen LogP contribution in [-0.4, -0.2) is 64.5 Å². The number of aliphatic hydroxyl groups is 1. The van der Waals surface area contributed by atoms with Crippen LogP contribution < -0.4 is 0 Å². The third kappa shape index (κ3) is 14.4. The van der Waals surface area contributed by atoms with E-state index in [-0.39, 0.29) is 57.8 Å². The van der Waals surface area contributed by atoms with Crippen molar-refractivity contribution in [3.8, 4) is 0 Å². The molecule has 1 amide bonds. The number of rotatable bonds is 19. The van der Waals surface area contributed by atoms with Crippen LogP contribution in [0.3, 0.4) is 0 Å². The smallest absolute Gasteiger partial charge is 0.222 e. The summed E-state index contributed by atoms with van der Waals surface area (Å²) in [6.45, 7) is 41.0. The van der Waals surface area contributed by atoms with E-state index in [1.165, 1.54) is 37.7 Å². The number of hydrogen-bond acceptors (Lipinski definition) is 4.